The van der Waals surface area contributed by atoms with Crippen LogP contribution in [0.15, 0.2) is 0 Å². The van der Waals surface area contributed by atoms with Crippen molar-refractivity contribution in [3.63, 3.8) is 0 Å². The Labute approximate surface area is 56.8 Å². The third kappa shape index (κ3) is 8.90. The fourth-order valence-corrected chi connectivity index (χ4v) is 0.289. The summed E-state index contributed by atoms with van der Waals surface area (Å²) in [7, 11) is 3.25. The van der Waals surface area contributed by atoms with E-state index < -0.39 is 0 Å². The molecule has 2 nitrogen and oxygen atoms in total. The third-order valence-corrected chi connectivity index (χ3v) is 0.577. The molecule has 0 fully saturated rings. The fraction of sp³-hybridized carbons (Fsp3) is 1.00. The van der Waals surface area contributed by atoms with Gasteiger partial charge in [0.2, 0.25) is 0 Å². The van der Waals surface area contributed by atoms with E-state index in [2.05, 4.69) is 7.58 Å². The SMILES string of the molecule is C[O][Al-][O]C.[Li+]. The first-order chi connectivity index (χ1) is 2.41. The van der Waals surface area contributed by atoms with Crippen molar-refractivity contribution in [3.8, 4) is 0 Å². The summed E-state index contributed by atoms with van der Waals surface area (Å²) >= 11 is -0.185. The number of hydrogen-bond acceptors (Lipinski definition) is 2. The monoisotopic (exact) mass is 96.0 g/mol. The summed E-state index contributed by atoms with van der Waals surface area (Å²) < 4.78 is 9.10. The molecule has 0 aliphatic heterocycles. The molecule has 0 atom stereocenters. The molecule has 0 saturated heterocycles. The van der Waals surface area contributed by atoms with Crippen LogP contribution in [0.2, 0.25) is 0 Å². The minimum atomic E-state index is -0.185. The maximum atomic E-state index is 4.55. The van der Waals surface area contributed by atoms with E-state index in [1.54, 1.807) is 14.2 Å². The van der Waals surface area contributed by atoms with Gasteiger partial charge in [0.05, 0.1) is 0 Å². The van der Waals surface area contributed by atoms with Crippen molar-refractivity contribution in [1.29, 1.82) is 0 Å². The molecule has 0 saturated carbocycles. The second kappa shape index (κ2) is 9.41. The van der Waals surface area contributed by atoms with Gasteiger partial charge < -0.3 is 7.58 Å². The standard InChI is InChI=1S/2CH3O.Al.Li/c2*1-2;;/h2*1H3;;/q2*-1;2*+1. The van der Waals surface area contributed by atoms with Gasteiger partial charge in [0.15, 0.2) is 0 Å². The molecule has 2 radical (unpaired) electrons. The fourth-order valence-electron chi connectivity index (χ4n) is 0.0962. The van der Waals surface area contributed by atoms with Gasteiger partial charge in [-0.2, -0.15) is 0 Å². The average Bonchev–Trinajstić information content (AvgIpc) is 1.41. The van der Waals surface area contributed by atoms with Crippen LogP contribution in [0, 0.1) is 0 Å². The average molecular weight is 96.0 g/mol. The molecule has 0 N–H and O–H groups in total. The molecular formula is C2H6AlLiO2. The zero-order valence-electron chi connectivity index (χ0n) is 4.39. The Balaban J connectivity index is 0. The molecule has 0 rings (SSSR count). The van der Waals surface area contributed by atoms with E-state index >= 15 is 0 Å². The minimum Gasteiger partial charge on any atom is -0.681 e. The first kappa shape index (κ1) is 10.1. The first-order valence-electron chi connectivity index (χ1n) is 1.29. The quantitative estimate of drug-likeness (QED) is 0.337. The summed E-state index contributed by atoms with van der Waals surface area (Å²) in [4.78, 5) is 0. The maximum absolute atomic E-state index is 4.55. The summed E-state index contributed by atoms with van der Waals surface area (Å²) in [5.41, 5.74) is 0. The van der Waals surface area contributed by atoms with Gasteiger partial charge in [-0.05, 0) is 14.2 Å². The summed E-state index contributed by atoms with van der Waals surface area (Å²) in [6.45, 7) is 0. The van der Waals surface area contributed by atoms with Crippen LogP contribution in [0.4, 0.5) is 0 Å². The second-order valence-electron chi connectivity index (χ2n) is 0.568. The molecule has 0 aromatic carbocycles. The molecule has 0 amide bonds. The van der Waals surface area contributed by atoms with E-state index in [-0.39, 0.29) is 34.7 Å². The number of rotatable bonds is 2. The Bertz CT molecular complexity index is 19.0. The van der Waals surface area contributed by atoms with Gasteiger partial charge in [0.1, 0.15) is 15.9 Å². The molecule has 0 aliphatic carbocycles. The van der Waals surface area contributed by atoms with Crippen molar-refractivity contribution in [2.24, 2.45) is 0 Å². The van der Waals surface area contributed by atoms with Crippen molar-refractivity contribution in [1.82, 2.24) is 0 Å². The van der Waals surface area contributed by atoms with E-state index in [1.165, 1.54) is 0 Å². The normalized spacial score (nSPS) is 7.00. The van der Waals surface area contributed by atoms with Crippen LogP contribution >= 0.6 is 0 Å². The molecule has 6 heavy (non-hydrogen) atoms. The maximum Gasteiger partial charge on any atom is 1.00 e. The van der Waals surface area contributed by atoms with Crippen LogP contribution in [0.1, 0.15) is 0 Å². The largest absolute Gasteiger partial charge is 1.00 e. The Morgan fingerprint density at radius 3 is 1.50 bits per heavy atom. The molecule has 0 bridgehead atoms. The van der Waals surface area contributed by atoms with Crippen LogP contribution in [-0.2, 0) is 7.58 Å². The van der Waals surface area contributed by atoms with E-state index in [9.17, 15) is 0 Å². The van der Waals surface area contributed by atoms with Crippen molar-refractivity contribution in [3.05, 3.63) is 0 Å². The minimum absolute atomic E-state index is 0. The van der Waals surface area contributed by atoms with E-state index in [1.807, 2.05) is 0 Å². The molecular weight excluding hydrogens is 89.9 g/mol. The molecule has 0 aromatic heterocycles. The van der Waals surface area contributed by atoms with Crippen molar-refractivity contribution >= 4 is 15.9 Å². The summed E-state index contributed by atoms with van der Waals surface area (Å²) in [6, 6.07) is 0. The van der Waals surface area contributed by atoms with Crippen molar-refractivity contribution < 1.29 is 26.4 Å². The van der Waals surface area contributed by atoms with E-state index in [4.69, 9.17) is 0 Å². The van der Waals surface area contributed by atoms with Crippen LogP contribution in [0.3, 0.4) is 0 Å². The molecule has 4 heteroatoms. The topological polar surface area (TPSA) is 18.5 Å². The summed E-state index contributed by atoms with van der Waals surface area (Å²) in [6.07, 6.45) is 0. The van der Waals surface area contributed by atoms with Gasteiger partial charge in [0.25, 0.3) is 0 Å². The molecule has 0 heterocycles. The summed E-state index contributed by atoms with van der Waals surface area (Å²) in [5, 5.41) is 0. The Morgan fingerprint density at radius 1 is 1.17 bits per heavy atom. The van der Waals surface area contributed by atoms with Crippen LogP contribution in [-0.4, -0.2) is 30.1 Å². The van der Waals surface area contributed by atoms with Crippen LogP contribution in [0.5, 0.6) is 0 Å². The van der Waals surface area contributed by atoms with Crippen molar-refractivity contribution in [2.75, 3.05) is 14.2 Å². The second-order valence-corrected chi connectivity index (χ2v) is 1.70. The predicted molar refractivity (Wildman–Crippen MR) is 19.8 cm³/mol. The Morgan fingerprint density at radius 2 is 1.50 bits per heavy atom. The molecule has 0 aromatic rings. The van der Waals surface area contributed by atoms with Gasteiger partial charge >= 0.3 is 18.9 Å². The van der Waals surface area contributed by atoms with Crippen LogP contribution < -0.4 is 18.9 Å². The van der Waals surface area contributed by atoms with E-state index in [0.29, 0.717) is 0 Å². The molecule has 0 aliphatic rings. The Kier molecular flexibility index (Phi) is 15.9. The van der Waals surface area contributed by atoms with Gasteiger partial charge in [-0.1, -0.05) is 0 Å². The first-order valence-corrected chi connectivity index (χ1v) is 2.23. The molecule has 0 unspecified atom stereocenters. The molecule has 30 valence electrons. The Hall–Kier alpha value is 1.05. The van der Waals surface area contributed by atoms with Gasteiger partial charge in [0, 0.05) is 0 Å². The smallest absolute Gasteiger partial charge is 0.681 e. The zero-order chi connectivity index (χ0) is 4.12. The van der Waals surface area contributed by atoms with Gasteiger partial charge in [-0.3, -0.25) is 0 Å². The molecule has 0 spiro atoms. The number of hydrogen-bond donors (Lipinski definition) is 0. The predicted octanol–water partition coefficient (Wildman–Crippen LogP) is -3.18. The van der Waals surface area contributed by atoms with Gasteiger partial charge in [-0.25, -0.2) is 0 Å². The zero-order valence-corrected chi connectivity index (χ0v) is 5.55. The van der Waals surface area contributed by atoms with Crippen LogP contribution in [0.25, 0.3) is 0 Å². The van der Waals surface area contributed by atoms with E-state index in [0.717, 1.165) is 0 Å². The third-order valence-electron chi connectivity index (χ3n) is 0.192. The van der Waals surface area contributed by atoms with Crippen molar-refractivity contribution in [2.45, 2.75) is 0 Å². The summed E-state index contributed by atoms with van der Waals surface area (Å²) in [5.74, 6) is 0. The van der Waals surface area contributed by atoms with Gasteiger partial charge in [-0.15, -0.1) is 0 Å².